The van der Waals surface area contributed by atoms with Crippen molar-refractivity contribution in [3.63, 3.8) is 0 Å². The van der Waals surface area contributed by atoms with Gasteiger partial charge in [-0.25, -0.2) is 23.7 Å². The minimum Gasteiger partial charge on any atom is -0.378 e. The number of nitrogens with zero attached hydrogens (tertiary/aromatic N) is 4. The fourth-order valence-electron chi connectivity index (χ4n) is 3.46. The van der Waals surface area contributed by atoms with Crippen LogP contribution in [0.25, 0.3) is 10.8 Å². The summed E-state index contributed by atoms with van der Waals surface area (Å²) in [5.74, 6) is -1.65. The average molecular weight is 449 g/mol. The number of hydrogen-bond acceptors (Lipinski definition) is 7. The molecule has 1 saturated carbocycles. The molecule has 2 aromatic heterocycles. The topological polar surface area (TPSA) is 63.2 Å². The van der Waals surface area contributed by atoms with Crippen molar-refractivity contribution in [2.75, 3.05) is 36.5 Å². The van der Waals surface area contributed by atoms with Crippen LogP contribution < -0.4 is 10.2 Å². The molecular weight excluding hydrogens is 429 g/mol. The van der Waals surface area contributed by atoms with Crippen LogP contribution in [0.1, 0.15) is 31.4 Å². The molecule has 0 radical (unpaired) electrons. The lowest BCUT2D eigenvalue weighted by Crippen LogP contribution is -2.37. The number of hydrogen-bond donors (Lipinski definition) is 1. The number of alkyl halides is 5. The first-order chi connectivity index (χ1) is 14.2. The summed E-state index contributed by atoms with van der Waals surface area (Å²) in [7, 11) is 0. The van der Waals surface area contributed by atoms with E-state index in [4.69, 9.17) is 4.74 Å². The Labute approximate surface area is 173 Å². The first kappa shape index (κ1) is 21.2. The van der Waals surface area contributed by atoms with Crippen LogP contribution >= 0.6 is 11.3 Å². The molecule has 0 aromatic carbocycles. The SMILES string of the molecule is FC1(F)CCC(Nc2cc(N3CCOCC3)nc(-c3nc(C(F)(F)F)cs3)n2)CC1. The number of ether oxygens (including phenoxy) is 1. The molecule has 2 aliphatic rings. The lowest BCUT2D eigenvalue weighted by molar-refractivity contribution is -0.140. The number of nitrogens with one attached hydrogen (secondary N) is 1. The number of aromatic nitrogens is 3. The predicted octanol–water partition coefficient (Wildman–Crippen LogP) is 4.45. The van der Waals surface area contributed by atoms with Crippen molar-refractivity contribution in [1.29, 1.82) is 0 Å². The maximum Gasteiger partial charge on any atom is 0.434 e. The van der Waals surface area contributed by atoms with E-state index in [9.17, 15) is 22.0 Å². The van der Waals surface area contributed by atoms with Crippen LogP contribution in [-0.4, -0.2) is 53.2 Å². The normalized spacial score (nSPS) is 20.4. The van der Waals surface area contributed by atoms with E-state index in [1.54, 1.807) is 6.07 Å². The van der Waals surface area contributed by atoms with Crippen molar-refractivity contribution in [3.8, 4) is 10.8 Å². The zero-order valence-electron chi connectivity index (χ0n) is 15.9. The highest BCUT2D eigenvalue weighted by atomic mass is 32.1. The summed E-state index contributed by atoms with van der Waals surface area (Å²) in [6.07, 6.45) is -4.39. The lowest BCUT2D eigenvalue weighted by Gasteiger charge is -2.30. The maximum atomic E-state index is 13.4. The molecule has 0 amide bonds. The third-order valence-electron chi connectivity index (χ3n) is 5.10. The van der Waals surface area contributed by atoms with Crippen LogP contribution in [0.2, 0.25) is 0 Å². The molecule has 1 N–H and O–H groups in total. The second kappa shape index (κ2) is 8.22. The highest BCUT2D eigenvalue weighted by molar-refractivity contribution is 7.13. The molecule has 1 aliphatic carbocycles. The third kappa shape index (κ3) is 4.97. The third-order valence-corrected chi connectivity index (χ3v) is 5.94. The molecule has 30 heavy (non-hydrogen) atoms. The molecule has 6 nitrogen and oxygen atoms in total. The van der Waals surface area contributed by atoms with E-state index in [1.807, 2.05) is 4.90 Å². The van der Waals surface area contributed by atoms with Gasteiger partial charge < -0.3 is 15.0 Å². The number of morpholine rings is 1. The quantitative estimate of drug-likeness (QED) is 0.697. The van der Waals surface area contributed by atoms with Crippen molar-refractivity contribution < 1.29 is 26.7 Å². The van der Waals surface area contributed by atoms with Crippen LogP contribution in [0, 0.1) is 0 Å². The van der Waals surface area contributed by atoms with Crippen LogP contribution in [0.15, 0.2) is 11.4 Å². The molecule has 4 rings (SSSR count). The van der Waals surface area contributed by atoms with Crippen LogP contribution in [0.4, 0.5) is 33.6 Å². The Hall–Kier alpha value is -2.08. The lowest BCUT2D eigenvalue weighted by atomic mass is 9.92. The van der Waals surface area contributed by atoms with E-state index in [1.165, 1.54) is 0 Å². The Bertz CT molecular complexity index is 874. The van der Waals surface area contributed by atoms with Gasteiger partial charge in [0.15, 0.2) is 16.5 Å². The van der Waals surface area contributed by atoms with Gasteiger partial charge in [-0.1, -0.05) is 0 Å². The summed E-state index contributed by atoms with van der Waals surface area (Å²) in [5.41, 5.74) is -0.994. The summed E-state index contributed by atoms with van der Waals surface area (Å²) in [4.78, 5) is 14.4. The van der Waals surface area contributed by atoms with Gasteiger partial charge in [0.05, 0.1) is 13.2 Å². The van der Waals surface area contributed by atoms with Crippen molar-refractivity contribution in [1.82, 2.24) is 15.0 Å². The van der Waals surface area contributed by atoms with E-state index >= 15 is 0 Å². The molecule has 1 aliphatic heterocycles. The van der Waals surface area contributed by atoms with Gasteiger partial charge in [0, 0.05) is 43.4 Å². The van der Waals surface area contributed by atoms with Gasteiger partial charge in [0.25, 0.3) is 0 Å². The van der Waals surface area contributed by atoms with Crippen molar-refractivity contribution in [2.45, 2.75) is 43.8 Å². The van der Waals surface area contributed by atoms with Gasteiger partial charge in [-0.05, 0) is 12.8 Å². The predicted molar refractivity (Wildman–Crippen MR) is 102 cm³/mol. The molecule has 1 saturated heterocycles. The highest BCUT2D eigenvalue weighted by Crippen LogP contribution is 2.36. The van der Waals surface area contributed by atoms with Crippen LogP contribution in [0.3, 0.4) is 0 Å². The Kier molecular flexibility index (Phi) is 5.80. The van der Waals surface area contributed by atoms with Crippen LogP contribution in [-0.2, 0) is 10.9 Å². The Morgan fingerprint density at radius 1 is 1.10 bits per heavy atom. The highest BCUT2D eigenvalue weighted by Gasteiger charge is 2.36. The maximum absolute atomic E-state index is 13.4. The molecular formula is C18H20F5N5OS. The van der Waals surface area contributed by atoms with Gasteiger partial charge in [0.2, 0.25) is 5.92 Å². The molecule has 2 fully saturated rings. The van der Waals surface area contributed by atoms with Crippen molar-refractivity contribution >= 4 is 23.0 Å². The second-order valence-corrected chi connectivity index (χ2v) is 8.20. The van der Waals surface area contributed by atoms with Crippen molar-refractivity contribution in [3.05, 3.63) is 17.1 Å². The largest absolute Gasteiger partial charge is 0.434 e. The van der Waals surface area contributed by atoms with E-state index in [0.29, 0.717) is 37.9 Å². The zero-order valence-corrected chi connectivity index (χ0v) is 16.7. The first-order valence-corrected chi connectivity index (χ1v) is 10.5. The summed E-state index contributed by atoms with van der Waals surface area (Å²) < 4.78 is 71.1. The monoisotopic (exact) mass is 449 g/mol. The zero-order chi connectivity index (χ0) is 21.4. The molecule has 2 aromatic rings. The molecule has 0 spiro atoms. The second-order valence-electron chi connectivity index (χ2n) is 7.34. The van der Waals surface area contributed by atoms with Crippen LogP contribution in [0.5, 0.6) is 0 Å². The summed E-state index contributed by atoms with van der Waals surface area (Å²) >= 11 is 0.813. The van der Waals surface area contributed by atoms with Gasteiger partial charge in [-0.15, -0.1) is 11.3 Å². The Balaban J connectivity index is 1.62. The van der Waals surface area contributed by atoms with Gasteiger partial charge in [-0.2, -0.15) is 13.2 Å². The molecule has 164 valence electrons. The minimum absolute atomic E-state index is 0.0515. The van der Waals surface area contributed by atoms with E-state index < -0.39 is 17.8 Å². The number of anilines is 2. The van der Waals surface area contributed by atoms with Gasteiger partial charge in [0.1, 0.15) is 11.6 Å². The summed E-state index contributed by atoms with van der Waals surface area (Å²) in [6.45, 7) is 2.18. The number of halogens is 5. The van der Waals surface area contributed by atoms with E-state index in [0.717, 1.165) is 16.7 Å². The standard InChI is InChI=1S/C18H20F5N5OS/c19-17(20)3-1-11(2-4-17)24-13-9-14(28-5-7-29-8-6-28)27-15(26-13)16-25-12(10-30-16)18(21,22)23/h9-11H,1-8H2,(H,24,26,27). The first-order valence-electron chi connectivity index (χ1n) is 9.59. The number of rotatable bonds is 4. The smallest absolute Gasteiger partial charge is 0.378 e. The molecule has 0 atom stereocenters. The van der Waals surface area contributed by atoms with Crippen molar-refractivity contribution in [2.24, 2.45) is 0 Å². The summed E-state index contributed by atoms with van der Waals surface area (Å²) in [5, 5.41) is 4.14. The fraction of sp³-hybridized carbons (Fsp3) is 0.611. The van der Waals surface area contributed by atoms with E-state index in [-0.39, 0.29) is 42.6 Å². The molecule has 0 unspecified atom stereocenters. The van der Waals surface area contributed by atoms with E-state index in [2.05, 4.69) is 20.3 Å². The van der Waals surface area contributed by atoms with Gasteiger partial charge >= 0.3 is 6.18 Å². The fourth-order valence-corrected chi connectivity index (χ4v) is 4.22. The number of thiazole rings is 1. The molecule has 3 heterocycles. The Morgan fingerprint density at radius 3 is 2.43 bits per heavy atom. The molecule has 12 heteroatoms. The minimum atomic E-state index is -4.55. The molecule has 0 bridgehead atoms. The average Bonchev–Trinajstić information content (AvgIpc) is 3.21. The van der Waals surface area contributed by atoms with Gasteiger partial charge in [-0.3, -0.25) is 0 Å². The Morgan fingerprint density at radius 2 is 1.80 bits per heavy atom. The summed E-state index contributed by atoms with van der Waals surface area (Å²) in [6, 6.07) is 1.51.